The monoisotopic (exact) mass is 439 g/mol. The number of hydrogen-bond donors (Lipinski definition) is 1. The number of morpholine rings is 1. The first kappa shape index (κ1) is 22.1. The summed E-state index contributed by atoms with van der Waals surface area (Å²) in [7, 11) is 0. The third kappa shape index (κ3) is 4.70. The SMILES string of the molecule is CC(=O)OCC1(CC(=O)N2CCOCC2)CCCN1C(=O)C=Cc1c[nH]c2ccccc12. The minimum atomic E-state index is -0.831. The fraction of sp³-hybridized carbons (Fsp3) is 0.458. The maximum absolute atomic E-state index is 13.2. The maximum atomic E-state index is 13.2. The number of esters is 1. The van der Waals surface area contributed by atoms with E-state index >= 15 is 0 Å². The van der Waals surface area contributed by atoms with Gasteiger partial charge in [0.1, 0.15) is 6.61 Å². The molecule has 170 valence electrons. The molecule has 1 unspecified atom stereocenters. The minimum absolute atomic E-state index is 0.0189. The maximum Gasteiger partial charge on any atom is 0.302 e. The van der Waals surface area contributed by atoms with Gasteiger partial charge in [-0.3, -0.25) is 14.4 Å². The number of likely N-dealkylation sites (tertiary alicyclic amines) is 1. The Labute approximate surface area is 187 Å². The summed E-state index contributed by atoms with van der Waals surface area (Å²) >= 11 is 0. The highest BCUT2D eigenvalue weighted by Crippen LogP contribution is 2.34. The number of rotatable bonds is 6. The van der Waals surface area contributed by atoms with Crippen LogP contribution in [0, 0.1) is 0 Å². The Hall–Kier alpha value is -3.13. The van der Waals surface area contributed by atoms with Gasteiger partial charge in [-0.15, -0.1) is 0 Å². The van der Waals surface area contributed by atoms with E-state index in [9.17, 15) is 14.4 Å². The standard InChI is InChI=1S/C24H29N3O5/c1-18(28)32-17-24(15-23(30)26-11-13-31-14-12-26)9-4-10-27(24)22(29)8-7-19-16-25-21-6-3-2-5-20(19)21/h2-3,5-8,16,25H,4,9-15,17H2,1H3. The van der Waals surface area contributed by atoms with Crippen LogP contribution in [0.5, 0.6) is 0 Å². The summed E-state index contributed by atoms with van der Waals surface area (Å²) in [6.45, 7) is 3.99. The molecular formula is C24H29N3O5. The molecule has 2 fully saturated rings. The highest BCUT2D eigenvalue weighted by molar-refractivity contribution is 5.97. The Kier molecular flexibility index (Phi) is 6.60. The van der Waals surface area contributed by atoms with Crippen molar-refractivity contribution in [2.45, 2.75) is 31.7 Å². The number of aromatic nitrogens is 1. The lowest BCUT2D eigenvalue weighted by atomic mass is 9.91. The molecule has 0 bridgehead atoms. The van der Waals surface area contributed by atoms with Gasteiger partial charge in [0.2, 0.25) is 11.8 Å². The number of nitrogens with one attached hydrogen (secondary N) is 1. The molecule has 0 radical (unpaired) electrons. The van der Waals surface area contributed by atoms with E-state index in [4.69, 9.17) is 9.47 Å². The third-order valence-corrected chi connectivity index (χ3v) is 6.28. The fourth-order valence-electron chi connectivity index (χ4n) is 4.59. The second kappa shape index (κ2) is 9.56. The first-order chi connectivity index (χ1) is 15.5. The first-order valence-electron chi connectivity index (χ1n) is 11.0. The van der Waals surface area contributed by atoms with Crippen molar-refractivity contribution < 1.29 is 23.9 Å². The highest BCUT2D eigenvalue weighted by atomic mass is 16.5. The largest absolute Gasteiger partial charge is 0.463 e. The van der Waals surface area contributed by atoms with Gasteiger partial charge in [0, 0.05) is 49.7 Å². The van der Waals surface area contributed by atoms with E-state index in [1.54, 1.807) is 22.0 Å². The first-order valence-corrected chi connectivity index (χ1v) is 11.0. The number of benzene rings is 1. The zero-order valence-corrected chi connectivity index (χ0v) is 18.3. The second-order valence-corrected chi connectivity index (χ2v) is 8.39. The molecule has 8 heteroatoms. The molecule has 1 aromatic carbocycles. The average molecular weight is 440 g/mol. The van der Waals surface area contributed by atoms with Crippen LogP contribution in [0.1, 0.15) is 31.7 Å². The van der Waals surface area contributed by atoms with Crippen LogP contribution >= 0.6 is 0 Å². The van der Waals surface area contributed by atoms with Crippen LogP contribution < -0.4 is 0 Å². The van der Waals surface area contributed by atoms with Crippen LogP contribution in [0.3, 0.4) is 0 Å². The van der Waals surface area contributed by atoms with Gasteiger partial charge in [-0.25, -0.2) is 0 Å². The molecule has 2 aromatic rings. The van der Waals surface area contributed by atoms with Crippen LogP contribution in [0.4, 0.5) is 0 Å². The van der Waals surface area contributed by atoms with E-state index < -0.39 is 11.5 Å². The summed E-state index contributed by atoms with van der Waals surface area (Å²) in [6, 6.07) is 7.89. The number of nitrogens with zero attached hydrogens (tertiary/aromatic N) is 2. The Bertz CT molecular complexity index is 1020. The summed E-state index contributed by atoms with van der Waals surface area (Å²) in [5.74, 6) is -0.646. The van der Waals surface area contributed by atoms with Gasteiger partial charge in [0.15, 0.2) is 0 Å². The summed E-state index contributed by atoms with van der Waals surface area (Å²) in [4.78, 5) is 44.5. The molecule has 2 amide bonds. The van der Waals surface area contributed by atoms with E-state index in [0.29, 0.717) is 39.3 Å². The number of carbonyl (C=O) groups is 3. The van der Waals surface area contributed by atoms with E-state index in [1.807, 2.05) is 30.5 Å². The molecule has 1 aromatic heterocycles. The Morgan fingerprint density at radius 3 is 2.75 bits per heavy atom. The van der Waals surface area contributed by atoms with Crippen molar-refractivity contribution in [3.05, 3.63) is 42.1 Å². The van der Waals surface area contributed by atoms with Gasteiger partial charge < -0.3 is 24.3 Å². The number of hydrogen-bond acceptors (Lipinski definition) is 5. The number of aromatic amines is 1. The van der Waals surface area contributed by atoms with Crippen molar-refractivity contribution in [1.29, 1.82) is 0 Å². The predicted octanol–water partition coefficient (Wildman–Crippen LogP) is 2.35. The smallest absolute Gasteiger partial charge is 0.302 e. The van der Waals surface area contributed by atoms with Crippen molar-refractivity contribution in [2.24, 2.45) is 0 Å². The van der Waals surface area contributed by atoms with Crippen molar-refractivity contribution in [3.8, 4) is 0 Å². The lowest BCUT2D eigenvalue weighted by Gasteiger charge is -2.39. The minimum Gasteiger partial charge on any atom is -0.463 e. The molecule has 0 spiro atoms. The predicted molar refractivity (Wildman–Crippen MR) is 120 cm³/mol. The quantitative estimate of drug-likeness (QED) is 0.551. The number of amides is 2. The van der Waals surface area contributed by atoms with Gasteiger partial charge in [-0.1, -0.05) is 18.2 Å². The number of fused-ring (bicyclic) bond motifs is 1. The van der Waals surface area contributed by atoms with E-state index in [0.717, 1.165) is 22.9 Å². The summed E-state index contributed by atoms with van der Waals surface area (Å²) in [5.41, 5.74) is 1.09. The normalized spacial score (nSPS) is 21.4. The molecule has 0 saturated carbocycles. The average Bonchev–Trinajstić information content (AvgIpc) is 3.41. The highest BCUT2D eigenvalue weighted by Gasteiger charge is 2.46. The van der Waals surface area contributed by atoms with Gasteiger partial charge >= 0.3 is 5.97 Å². The van der Waals surface area contributed by atoms with Crippen LogP contribution in [0.25, 0.3) is 17.0 Å². The number of ether oxygens (including phenoxy) is 2. The van der Waals surface area contributed by atoms with Crippen LogP contribution in [-0.2, 0) is 23.9 Å². The van der Waals surface area contributed by atoms with Crippen LogP contribution in [0.2, 0.25) is 0 Å². The molecule has 2 aliphatic rings. The summed E-state index contributed by atoms with van der Waals surface area (Å²) in [5, 5.41) is 1.03. The Morgan fingerprint density at radius 1 is 1.19 bits per heavy atom. The molecule has 1 atom stereocenters. The fourth-order valence-corrected chi connectivity index (χ4v) is 4.59. The van der Waals surface area contributed by atoms with E-state index in [1.165, 1.54) is 6.92 Å². The van der Waals surface area contributed by atoms with Gasteiger partial charge in [0.25, 0.3) is 0 Å². The summed E-state index contributed by atoms with van der Waals surface area (Å²) < 4.78 is 10.7. The van der Waals surface area contributed by atoms with Gasteiger partial charge in [-0.2, -0.15) is 0 Å². The summed E-state index contributed by atoms with van der Waals surface area (Å²) in [6.07, 6.45) is 6.70. The Balaban J connectivity index is 1.54. The van der Waals surface area contributed by atoms with E-state index in [2.05, 4.69) is 4.98 Å². The van der Waals surface area contributed by atoms with Crippen molar-refractivity contribution in [1.82, 2.24) is 14.8 Å². The molecule has 2 saturated heterocycles. The molecule has 4 rings (SSSR count). The zero-order chi connectivity index (χ0) is 22.6. The van der Waals surface area contributed by atoms with E-state index in [-0.39, 0.29) is 24.8 Å². The molecule has 32 heavy (non-hydrogen) atoms. The lowest BCUT2D eigenvalue weighted by molar-refractivity contribution is -0.152. The molecule has 8 nitrogen and oxygen atoms in total. The van der Waals surface area contributed by atoms with Crippen molar-refractivity contribution >= 4 is 34.8 Å². The van der Waals surface area contributed by atoms with Crippen LogP contribution in [0.15, 0.2) is 36.5 Å². The number of H-pyrrole nitrogens is 1. The number of para-hydroxylation sites is 1. The van der Waals surface area contributed by atoms with Gasteiger partial charge in [-0.05, 0) is 30.5 Å². The van der Waals surface area contributed by atoms with Gasteiger partial charge in [0.05, 0.1) is 25.2 Å². The topological polar surface area (TPSA) is 91.9 Å². The van der Waals surface area contributed by atoms with Crippen molar-refractivity contribution in [3.63, 3.8) is 0 Å². The number of carbonyl (C=O) groups excluding carboxylic acids is 3. The Morgan fingerprint density at radius 2 is 1.97 bits per heavy atom. The molecule has 2 aliphatic heterocycles. The molecule has 0 aliphatic carbocycles. The van der Waals surface area contributed by atoms with Crippen LogP contribution in [-0.4, -0.2) is 77.6 Å². The zero-order valence-electron chi connectivity index (χ0n) is 18.3. The molecular weight excluding hydrogens is 410 g/mol. The lowest BCUT2D eigenvalue weighted by Crippen LogP contribution is -2.54. The molecule has 3 heterocycles. The van der Waals surface area contributed by atoms with Crippen molar-refractivity contribution in [2.75, 3.05) is 39.5 Å². The second-order valence-electron chi connectivity index (χ2n) is 8.39. The molecule has 1 N–H and O–H groups in total. The third-order valence-electron chi connectivity index (χ3n) is 6.28.